The van der Waals surface area contributed by atoms with Gasteiger partial charge in [0, 0.05) is 37.8 Å². The molecule has 0 aliphatic heterocycles. The maximum absolute atomic E-state index is 11.8. The lowest BCUT2D eigenvalue weighted by Gasteiger charge is -2.24. The Labute approximate surface area is 155 Å². The van der Waals surface area contributed by atoms with Gasteiger partial charge in [0.25, 0.3) is 0 Å². The van der Waals surface area contributed by atoms with E-state index in [-0.39, 0.29) is 11.8 Å². The fraction of sp³-hybridized carbons (Fsp3) is 0.579. The summed E-state index contributed by atoms with van der Waals surface area (Å²) in [5.74, 6) is 2.49. The van der Waals surface area contributed by atoms with Gasteiger partial charge in [0.1, 0.15) is 0 Å². The van der Waals surface area contributed by atoms with Gasteiger partial charge in [0.05, 0.1) is 13.7 Å². The highest BCUT2D eigenvalue weighted by Crippen LogP contribution is 2.30. The highest BCUT2D eigenvalue weighted by molar-refractivity contribution is 5.93. The molecule has 1 aliphatic rings. The predicted octanol–water partition coefficient (Wildman–Crippen LogP) is 2.39. The van der Waals surface area contributed by atoms with Crippen molar-refractivity contribution in [3.8, 4) is 11.5 Å². The van der Waals surface area contributed by atoms with E-state index in [0.717, 1.165) is 31.5 Å². The van der Waals surface area contributed by atoms with Gasteiger partial charge in [-0.3, -0.25) is 9.79 Å². The van der Waals surface area contributed by atoms with E-state index < -0.39 is 0 Å². The van der Waals surface area contributed by atoms with Gasteiger partial charge in [0.2, 0.25) is 5.91 Å². The molecule has 7 heteroatoms. The molecule has 26 heavy (non-hydrogen) atoms. The van der Waals surface area contributed by atoms with E-state index in [9.17, 15) is 4.79 Å². The summed E-state index contributed by atoms with van der Waals surface area (Å²) in [7, 11) is 3.34. The van der Waals surface area contributed by atoms with E-state index in [4.69, 9.17) is 9.47 Å². The van der Waals surface area contributed by atoms with Crippen LogP contribution in [0, 0.1) is 5.92 Å². The van der Waals surface area contributed by atoms with Crippen molar-refractivity contribution in [1.82, 2.24) is 10.6 Å². The number of hydrogen-bond donors (Lipinski definition) is 3. The van der Waals surface area contributed by atoms with Crippen LogP contribution >= 0.6 is 0 Å². The minimum Gasteiger partial charge on any atom is -0.493 e. The van der Waals surface area contributed by atoms with Gasteiger partial charge in [-0.25, -0.2) is 0 Å². The number of methoxy groups -OCH3 is 1. The van der Waals surface area contributed by atoms with Gasteiger partial charge in [-0.05, 0) is 38.3 Å². The first-order valence-electron chi connectivity index (χ1n) is 9.24. The first-order chi connectivity index (χ1) is 12.7. The normalized spacial score (nSPS) is 14.3. The molecule has 0 heterocycles. The van der Waals surface area contributed by atoms with E-state index in [1.807, 2.05) is 25.1 Å². The summed E-state index contributed by atoms with van der Waals surface area (Å²) in [6.45, 7) is 3.90. The molecule has 0 aromatic heterocycles. The van der Waals surface area contributed by atoms with Gasteiger partial charge >= 0.3 is 0 Å². The number of amides is 1. The Kier molecular flexibility index (Phi) is 8.05. The SMILES string of the molecule is CCOc1cc(NC(=NC)NCCCNC(=O)C2CCC2)ccc1OC. The number of rotatable bonds is 9. The number of guanidine groups is 1. The van der Waals surface area contributed by atoms with E-state index in [1.54, 1.807) is 14.2 Å². The first kappa shape index (κ1) is 19.9. The van der Waals surface area contributed by atoms with Crippen molar-refractivity contribution in [3.63, 3.8) is 0 Å². The van der Waals surface area contributed by atoms with Crippen LogP contribution in [-0.4, -0.2) is 45.7 Å². The Morgan fingerprint density at radius 3 is 2.62 bits per heavy atom. The molecule has 0 saturated heterocycles. The highest BCUT2D eigenvalue weighted by atomic mass is 16.5. The highest BCUT2D eigenvalue weighted by Gasteiger charge is 2.24. The molecule has 1 aromatic rings. The minimum atomic E-state index is 0.195. The molecule has 1 amide bonds. The molecular formula is C19H30N4O3. The molecule has 7 nitrogen and oxygen atoms in total. The molecule has 0 radical (unpaired) electrons. The number of anilines is 1. The largest absolute Gasteiger partial charge is 0.493 e. The lowest BCUT2D eigenvalue weighted by molar-refractivity contribution is -0.127. The number of carbonyl (C=O) groups excluding carboxylic acids is 1. The molecule has 1 aromatic carbocycles. The predicted molar refractivity (Wildman–Crippen MR) is 104 cm³/mol. The second-order valence-corrected chi connectivity index (χ2v) is 6.20. The lowest BCUT2D eigenvalue weighted by Crippen LogP contribution is -2.37. The van der Waals surface area contributed by atoms with Gasteiger partial charge in [0.15, 0.2) is 17.5 Å². The van der Waals surface area contributed by atoms with Crippen LogP contribution < -0.4 is 25.4 Å². The molecular weight excluding hydrogens is 332 g/mol. The van der Waals surface area contributed by atoms with Crippen LogP contribution in [0.2, 0.25) is 0 Å². The smallest absolute Gasteiger partial charge is 0.223 e. The maximum atomic E-state index is 11.8. The van der Waals surface area contributed by atoms with Crippen molar-refractivity contribution < 1.29 is 14.3 Å². The van der Waals surface area contributed by atoms with Crippen molar-refractivity contribution in [3.05, 3.63) is 18.2 Å². The Morgan fingerprint density at radius 2 is 2.00 bits per heavy atom. The van der Waals surface area contributed by atoms with E-state index in [2.05, 4.69) is 20.9 Å². The van der Waals surface area contributed by atoms with Crippen molar-refractivity contribution in [2.45, 2.75) is 32.6 Å². The van der Waals surface area contributed by atoms with Crippen LogP contribution in [0.25, 0.3) is 0 Å². The van der Waals surface area contributed by atoms with Gasteiger partial charge in [-0.15, -0.1) is 0 Å². The molecule has 1 aliphatic carbocycles. The van der Waals surface area contributed by atoms with Gasteiger partial charge < -0.3 is 25.4 Å². The first-order valence-corrected chi connectivity index (χ1v) is 9.24. The molecule has 3 N–H and O–H groups in total. The summed E-state index contributed by atoms with van der Waals surface area (Å²) in [4.78, 5) is 16.0. The van der Waals surface area contributed by atoms with E-state index in [1.165, 1.54) is 6.42 Å². The topological polar surface area (TPSA) is 84.0 Å². The van der Waals surface area contributed by atoms with Crippen molar-refractivity contribution in [1.29, 1.82) is 0 Å². The van der Waals surface area contributed by atoms with Gasteiger partial charge in [-0.1, -0.05) is 6.42 Å². The number of nitrogens with one attached hydrogen (secondary N) is 3. The standard InChI is InChI=1S/C19H30N4O3/c1-4-26-17-13-15(9-10-16(17)25-3)23-19(20-2)22-12-6-11-21-18(24)14-7-5-8-14/h9-10,13-14H,4-8,11-12H2,1-3H3,(H,21,24)(H2,20,22,23). The van der Waals surface area contributed by atoms with E-state index in [0.29, 0.717) is 30.6 Å². The molecule has 2 rings (SSSR count). The maximum Gasteiger partial charge on any atom is 0.223 e. The molecule has 0 bridgehead atoms. The third kappa shape index (κ3) is 5.82. The Morgan fingerprint density at radius 1 is 1.23 bits per heavy atom. The molecule has 1 saturated carbocycles. The molecule has 0 spiro atoms. The number of ether oxygens (including phenoxy) is 2. The average Bonchev–Trinajstić information content (AvgIpc) is 2.59. The lowest BCUT2D eigenvalue weighted by atomic mass is 9.85. The van der Waals surface area contributed by atoms with Crippen LogP contribution in [0.1, 0.15) is 32.6 Å². The van der Waals surface area contributed by atoms with Crippen LogP contribution in [0.15, 0.2) is 23.2 Å². The second-order valence-electron chi connectivity index (χ2n) is 6.20. The fourth-order valence-electron chi connectivity index (χ4n) is 2.66. The third-order valence-electron chi connectivity index (χ3n) is 4.37. The van der Waals surface area contributed by atoms with Crippen molar-refractivity contribution >= 4 is 17.6 Å². The number of hydrogen-bond acceptors (Lipinski definition) is 4. The molecule has 0 atom stereocenters. The summed E-state index contributed by atoms with van der Waals surface area (Å²) in [6, 6.07) is 5.65. The zero-order valence-corrected chi connectivity index (χ0v) is 15.9. The Hall–Kier alpha value is -2.44. The van der Waals surface area contributed by atoms with Crippen LogP contribution in [0.3, 0.4) is 0 Å². The summed E-state index contributed by atoms with van der Waals surface area (Å²) in [5, 5.41) is 9.47. The van der Waals surface area contributed by atoms with Gasteiger partial charge in [-0.2, -0.15) is 0 Å². The van der Waals surface area contributed by atoms with E-state index >= 15 is 0 Å². The summed E-state index contributed by atoms with van der Waals surface area (Å²) < 4.78 is 10.9. The molecule has 1 fully saturated rings. The molecule has 144 valence electrons. The molecule has 0 unspecified atom stereocenters. The number of nitrogens with zero attached hydrogens (tertiary/aromatic N) is 1. The average molecular weight is 362 g/mol. The Balaban J connectivity index is 1.74. The fourth-order valence-corrected chi connectivity index (χ4v) is 2.66. The number of aliphatic imine (C=N–C) groups is 1. The number of carbonyl (C=O) groups is 1. The van der Waals surface area contributed by atoms with Crippen LogP contribution in [0.5, 0.6) is 11.5 Å². The number of benzene rings is 1. The Bertz CT molecular complexity index is 615. The summed E-state index contributed by atoms with van der Waals surface area (Å²) >= 11 is 0. The summed E-state index contributed by atoms with van der Waals surface area (Å²) in [5.41, 5.74) is 0.862. The zero-order valence-electron chi connectivity index (χ0n) is 15.9. The van der Waals surface area contributed by atoms with Crippen LogP contribution in [-0.2, 0) is 4.79 Å². The zero-order chi connectivity index (χ0) is 18.8. The van der Waals surface area contributed by atoms with Crippen molar-refractivity contribution in [2.24, 2.45) is 10.9 Å². The van der Waals surface area contributed by atoms with Crippen molar-refractivity contribution in [2.75, 3.05) is 39.2 Å². The third-order valence-corrected chi connectivity index (χ3v) is 4.37. The quantitative estimate of drug-likeness (QED) is 0.357. The summed E-state index contributed by atoms with van der Waals surface area (Å²) in [6.07, 6.45) is 4.09. The monoisotopic (exact) mass is 362 g/mol. The second kappa shape index (κ2) is 10.5. The van der Waals surface area contributed by atoms with Crippen LogP contribution in [0.4, 0.5) is 5.69 Å². The minimum absolute atomic E-state index is 0.195.